The van der Waals surface area contributed by atoms with E-state index in [0.29, 0.717) is 0 Å². The van der Waals surface area contributed by atoms with Crippen LogP contribution in [0.5, 0.6) is 0 Å². The summed E-state index contributed by atoms with van der Waals surface area (Å²) in [5.41, 5.74) is 6.68. The first-order valence-corrected chi connectivity index (χ1v) is 8.42. The summed E-state index contributed by atoms with van der Waals surface area (Å²) in [7, 11) is 0. The van der Waals surface area contributed by atoms with E-state index in [9.17, 15) is 5.11 Å². The highest BCUT2D eigenvalue weighted by molar-refractivity contribution is 5.60. The summed E-state index contributed by atoms with van der Waals surface area (Å²) in [4.78, 5) is 4.33. The number of aromatic nitrogens is 1. The lowest BCUT2D eigenvalue weighted by Gasteiger charge is -2.12. The first-order chi connectivity index (χ1) is 11.2. The highest BCUT2D eigenvalue weighted by Gasteiger charge is 2.24. The summed E-state index contributed by atoms with van der Waals surface area (Å²) < 4.78 is 0. The normalized spacial score (nSPS) is 20.1. The highest BCUT2D eigenvalue weighted by Crippen LogP contribution is 2.34. The monoisotopic (exact) mass is 311 g/mol. The van der Waals surface area contributed by atoms with Crippen LogP contribution in [-0.2, 0) is 6.42 Å². The molecule has 1 aromatic rings. The molecule has 2 aliphatic rings. The van der Waals surface area contributed by atoms with E-state index >= 15 is 0 Å². The Labute approximate surface area is 138 Å². The molecule has 0 aromatic carbocycles. The lowest BCUT2D eigenvalue weighted by molar-refractivity contribution is 0.176. The van der Waals surface area contributed by atoms with Crippen molar-refractivity contribution in [2.75, 3.05) is 11.9 Å². The fraction of sp³-hybridized carbons (Fsp3) is 0.421. The van der Waals surface area contributed by atoms with E-state index in [2.05, 4.69) is 47.7 Å². The van der Waals surface area contributed by atoms with Gasteiger partial charge in [-0.25, -0.2) is 0 Å². The molecule has 0 bridgehead atoms. The van der Waals surface area contributed by atoms with Gasteiger partial charge < -0.3 is 15.7 Å². The second-order valence-corrected chi connectivity index (χ2v) is 6.31. The molecular weight excluding hydrogens is 286 g/mol. The number of hydrogen-bond acceptors (Lipinski definition) is 4. The van der Waals surface area contributed by atoms with Gasteiger partial charge in [-0.15, -0.1) is 0 Å². The molecule has 2 aliphatic carbocycles. The maximum atomic E-state index is 9.98. The molecule has 0 radical (unpaired) electrons. The van der Waals surface area contributed by atoms with Crippen molar-refractivity contribution in [3.8, 4) is 0 Å². The molecule has 122 valence electrons. The molecule has 1 heterocycles. The number of nitrogens with one attached hydrogen (secondary N) is 2. The Morgan fingerprint density at radius 3 is 3.04 bits per heavy atom. The quantitative estimate of drug-likeness (QED) is 0.778. The Hall–Kier alpha value is -2.07. The van der Waals surface area contributed by atoms with Crippen molar-refractivity contribution in [2.24, 2.45) is 0 Å². The first-order valence-electron chi connectivity index (χ1n) is 8.42. The number of allylic oxidation sites excluding steroid dienone is 4. The molecule has 1 unspecified atom stereocenters. The summed E-state index contributed by atoms with van der Waals surface area (Å²) >= 11 is 0. The molecule has 0 spiro atoms. The minimum atomic E-state index is -0.420. The van der Waals surface area contributed by atoms with E-state index in [4.69, 9.17) is 0 Å². The Balaban J connectivity index is 1.81. The summed E-state index contributed by atoms with van der Waals surface area (Å²) in [5, 5.41) is 17.0. The molecule has 0 saturated heterocycles. The molecule has 4 heteroatoms. The van der Waals surface area contributed by atoms with Crippen molar-refractivity contribution < 1.29 is 5.11 Å². The van der Waals surface area contributed by atoms with E-state index in [-0.39, 0.29) is 0 Å². The van der Waals surface area contributed by atoms with Crippen molar-refractivity contribution in [1.82, 2.24) is 10.3 Å². The molecular formula is C19H25N3O. The maximum Gasteiger partial charge on any atom is 0.0966 e. The van der Waals surface area contributed by atoms with Crippen LogP contribution in [0.4, 0.5) is 5.69 Å². The fourth-order valence-electron chi connectivity index (χ4n) is 3.15. The van der Waals surface area contributed by atoms with Gasteiger partial charge in [0.1, 0.15) is 0 Å². The van der Waals surface area contributed by atoms with Crippen LogP contribution in [0, 0.1) is 0 Å². The highest BCUT2D eigenvalue weighted by atomic mass is 16.3. The Morgan fingerprint density at radius 1 is 1.35 bits per heavy atom. The number of hydrogen-bond donors (Lipinski definition) is 3. The summed E-state index contributed by atoms with van der Waals surface area (Å²) in [6, 6.07) is 1.99. The largest absolute Gasteiger partial charge is 0.388 e. The van der Waals surface area contributed by atoms with Crippen LogP contribution in [0.1, 0.15) is 50.5 Å². The lowest BCUT2D eigenvalue weighted by Crippen LogP contribution is -2.13. The predicted molar refractivity (Wildman–Crippen MR) is 94.0 cm³/mol. The third kappa shape index (κ3) is 3.64. The van der Waals surface area contributed by atoms with Gasteiger partial charge >= 0.3 is 0 Å². The topological polar surface area (TPSA) is 57.2 Å². The molecule has 4 nitrogen and oxygen atoms in total. The minimum absolute atomic E-state index is 0.420. The van der Waals surface area contributed by atoms with Gasteiger partial charge in [-0.3, -0.25) is 4.98 Å². The number of pyridine rings is 1. The zero-order valence-electron chi connectivity index (χ0n) is 13.9. The van der Waals surface area contributed by atoms with Crippen molar-refractivity contribution in [2.45, 2.75) is 45.6 Å². The molecule has 3 rings (SSSR count). The number of aliphatic hydroxyl groups is 1. The van der Waals surface area contributed by atoms with E-state index in [1.807, 2.05) is 6.07 Å². The molecule has 23 heavy (non-hydrogen) atoms. The smallest absolute Gasteiger partial charge is 0.0966 e. The van der Waals surface area contributed by atoms with E-state index in [0.717, 1.165) is 54.9 Å². The van der Waals surface area contributed by atoms with Crippen LogP contribution in [-0.4, -0.2) is 16.6 Å². The minimum Gasteiger partial charge on any atom is -0.388 e. The van der Waals surface area contributed by atoms with Crippen LogP contribution in [0.15, 0.2) is 47.5 Å². The van der Waals surface area contributed by atoms with Crippen LogP contribution in [0.2, 0.25) is 0 Å². The van der Waals surface area contributed by atoms with Gasteiger partial charge in [-0.2, -0.15) is 0 Å². The van der Waals surface area contributed by atoms with Crippen LogP contribution in [0.3, 0.4) is 0 Å². The third-order valence-corrected chi connectivity index (χ3v) is 4.29. The number of rotatable bonds is 5. The SMILES string of the molecule is CCCNC1=CC=C(Nc2ccnc3c2CCC3O)C=C(C)C1. The summed E-state index contributed by atoms with van der Waals surface area (Å²) in [5.74, 6) is 0. The predicted octanol–water partition coefficient (Wildman–Crippen LogP) is 3.59. The number of aliphatic hydroxyl groups excluding tert-OH is 1. The number of nitrogens with zero attached hydrogens (tertiary/aromatic N) is 1. The molecule has 1 aromatic heterocycles. The summed E-state index contributed by atoms with van der Waals surface area (Å²) in [6.45, 7) is 5.34. The van der Waals surface area contributed by atoms with Crippen LogP contribution >= 0.6 is 0 Å². The van der Waals surface area contributed by atoms with Gasteiger partial charge in [0.05, 0.1) is 11.8 Å². The average Bonchev–Trinajstić information content (AvgIpc) is 2.82. The maximum absolute atomic E-state index is 9.98. The van der Waals surface area contributed by atoms with Gasteiger partial charge in [-0.05, 0) is 56.0 Å². The van der Waals surface area contributed by atoms with Crippen LogP contribution in [0.25, 0.3) is 0 Å². The van der Waals surface area contributed by atoms with Gasteiger partial charge in [0.2, 0.25) is 0 Å². The Bertz CT molecular complexity index is 673. The van der Waals surface area contributed by atoms with E-state index in [1.165, 1.54) is 11.3 Å². The van der Waals surface area contributed by atoms with Crippen molar-refractivity contribution in [3.05, 3.63) is 58.7 Å². The lowest BCUT2D eigenvalue weighted by atomic mass is 10.1. The molecule has 0 fully saturated rings. The molecule has 3 N–H and O–H groups in total. The Kier molecular flexibility index (Phi) is 4.82. The number of anilines is 1. The van der Waals surface area contributed by atoms with Gasteiger partial charge in [0.25, 0.3) is 0 Å². The van der Waals surface area contributed by atoms with Gasteiger partial charge in [0.15, 0.2) is 0 Å². The van der Waals surface area contributed by atoms with Gasteiger partial charge in [-0.1, -0.05) is 12.5 Å². The first kappa shape index (κ1) is 15.8. The zero-order valence-corrected chi connectivity index (χ0v) is 13.9. The zero-order chi connectivity index (χ0) is 16.2. The molecule has 1 atom stereocenters. The second-order valence-electron chi connectivity index (χ2n) is 6.31. The van der Waals surface area contributed by atoms with Crippen molar-refractivity contribution in [1.29, 1.82) is 0 Å². The van der Waals surface area contributed by atoms with Crippen LogP contribution < -0.4 is 10.6 Å². The van der Waals surface area contributed by atoms with Crippen molar-refractivity contribution in [3.63, 3.8) is 0 Å². The standard InChI is InChI=1S/C19H25N3O/c1-3-9-20-14-4-5-15(12-13(2)11-14)22-17-8-10-21-19-16(17)6-7-18(19)23/h4-5,8,10,12,18,20,23H,3,6-7,9,11H2,1-2H3,(H,21,22). The van der Waals surface area contributed by atoms with Gasteiger partial charge in [0, 0.05) is 36.2 Å². The molecule has 0 saturated carbocycles. The fourth-order valence-corrected chi connectivity index (χ4v) is 3.15. The summed E-state index contributed by atoms with van der Waals surface area (Å²) in [6.07, 6.45) is 11.5. The second kappa shape index (κ2) is 7.01. The van der Waals surface area contributed by atoms with E-state index < -0.39 is 6.10 Å². The van der Waals surface area contributed by atoms with E-state index in [1.54, 1.807) is 6.20 Å². The average molecular weight is 311 g/mol. The Morgan fingerprint density at radius 2 is 2.22 bits per heavy atom. The van der Waals surface area contributed by atoms with Crippen molar-refractivity contribution >= 4 is 5.69 Å². The third-order valence-electron chi connectivity index (χ3n) is 4.29. The molecule has 0 aliphatic heterocycles. The molecule has 0 amide bonds. The number of fused-ring (bicyclic) bond motifs is 1.